The molecule has 0 fully saturated rings. The minimum absolute atomic E-state index is 0.0756. The van der Waals surface area contributed by atoms with Gasteiger partial charge in [0.1, 0.15) is 5.82 Å². The summed E-state index contributed by atoms with van der Waals surface area (Å²) in [4.78, 5) is 4.64. The molecule has 0 aliphatic carbocycles. The summed E-state index contributed by atoms with van der Waals surface area (Å²) in [5.41, 5.74) is 1.68. The van der Waals surface area contributed by atoms with E-state index in [4.69, 9.17) is 4.74 Å². The molecule has 0 amide bonds. The summed E-state index contributed by atoms with van der Waals surface area (Å²) >= 11 is 0. The second-order valence-electron chi connectivity index (χ2n) is 7.99. The third kappa shape index (κ3) is 5.68. The summed E-state index contributed by atoms with van der Waals surface area (Å²) in [5.74, 6) is 0.577. The Hall–Kier alpha value is -2.16. The first-order valence-electron chi connectivity index (χ1n) is 11.4. The number of aryl methyl sites for hydroxylation is 1. The minimum Gasteiger partial charge on any atom is -0.478 e. The van der Waals surface area contributed by atoms with E-state index in [1.807, 2.05) is 36.4 Å². The molecule has 0 bridgehead atoms. The Labute approximate surface area is 174 Å². The summed E-state index contributed by atoms with van der Waals surface area (Å²) in [6.07, 6.45) is 11.5. The summed E-state index contributed by atoms with van der Waals surface area (Å²) < 4.78 is 20.9. The van der Waals surface area contributed by atoms with Gasteiger partial charge in [0, 0.05) is 16.8 Å². The molecule has 2 aromatic carbocycles. The molecule has 29 heavy (non-hydrogen) atoms. The average Bonchev–Trinajstić information content (AvgIpc) is 2.74. The monoisotopic (exact) mass is 395 g/mol. The number of unbranched alkanes of at least 4 members (excludes halogenated alkanes) is 7. The number of hydrogen-bond acceptors (Lipinski definition) is 2. The summed E-state index contributed by atoms with van der Waals surface area (Å²) in [6.45, 7) is 5.12. The van der Waals surface area contributed by atoms with E-state index in [1.165, 1.54) is 38.5 Å². The first kappa shape index (κ1) is 21.5. The van der Waals surface area contributed by atoms with Crippen molar-refractivity contribution >= 4 is 21.7 Å². The van der Waals surface area contributed by atoms with Gasteiger partial charge in [-0.2, -0.15) is 0 Å². The number of halogens is 1. The van der Waals surface area contributed by atoms with Gasteiger partial charge in [-0.3, -0.25) is 0 Å². The minimum atomic E-state index is -0.0756. The maximum atomic E-state index is 15.0. The van der Waals surface area contributed by atoms with Crippen LogP contribution in [-0.4, -0.2) is 11.6 Å². The predicted octanol–water partition coefficient (Wildman–Crippen LogP) is 8.00. The van der Waals surface area contributed by atoms with E-state index in [2.05, 4.69) is 18.8 Å². The summed E-state index contributed by atoms with van der Waals surface area (Å²) in [6, 6.07) is 11.7. The Balaban J connectivity index is 1.71. The van der Waals surface area contributed by atoms with Gasteiger partial charge < -0.3 is 4.74 Å². The molecule has 3 aromatic rings. The maximum absolute atomic E-state index is 15.0. The molecule has 2 nitrogen and oxygen atoms in total. The lowest BCUT2D eigenvalue weighted by molar-refractivity contribution is 0.294. The van der Waals surface area contributed by atoms with Crippen molar-refractivity contribution in [3.05, 3.63) is 47.8 Å². The van der Waals surface area contributed by atoms with Crippen molar-refractivity contribution in [3.8, 4) is 5.88 Å². The van der Waals surface area contributed by atoms with Crippen LogP contribution >= 0.6 is 0 Å². The first-order valence-corrected chi connectivity index (χ1v) is 11.4. The lowest BCUT2D eigenvalue weighted by atomic mass is 9.99. The van der Waals surface area contributed by atoms with Crippen molar-refractivity contribution in [2.45, 2.75) is 78.1 Å². The highest BCUT2D eigenvalue weighted by molar-refractivity contribution is 6.06. The fourth-order valence-corrected chi connectivity index (χ4v) is 3.91. The van der Waals surface area contributed by atoms with Gasteiger partial charge in [-0.15, -0.1) is 0 Å². The topological polar surface area (TPSA) is 22.1 Å². The number of hydrogen-bond donors (Lipinski definition) is 0. The van der Waals surface area contributed by atoms with Crippen LogP contribution in [0.5, 0.6) is 5.88 Å². The SMILES string of the molecule is CCCCCCCOc1ccc2c(ccc3c(F)c(CCCCCC)ccc32)n1. The number of pyridine rings is 1. The van der Waals surface area contributed by atoms with Gasteiger partial charge >= 0.3 is 0 Å². The van der Waals surface area contributed by atoms with Crippen LogP contribution in [0.15, 0.2) is 36.4 Å². The van der Waals surface area contributed by atoms with Crippen LogP contribution in [-0.2, 0) is 6.42 Å². The lowest BCUT2D eigenvalue weighted by Crippen LogP contribution is -1.99. The number of ether oxygens (including phenoxy) is 1. The zero-order chi connectivity index (χ0) is 20.5. The molecule has 1 aromatic heterocycles. The van der Waals surface area contributed by atoms with E-state index in [1.54, 1.807) is 0 Å². The third-order valence-corrected chi connectivity index (χ3v) is 5.65. The highest BCUT2D eigenvalue weighted by atomic mass is 19.1. The molecule has 1 heterocycles. The van der Waals surface area contributed by atoms with Gasteiger partial charge in [0.15, 0.2) is 0 Å². The van der Waals surface area contributed by atoms with Crippen molar-refractivity contribution in [2.75, 3.05) is 6.61 Å². The fourth-order valence-electron chi connectivity index (χ4n) is 3.91. The van der Waals surface area contributed by atoms with Gasteiger partial charge in [-0.1, -0.05) is 70.9 Å². The van der Waals surface area contributed by atoms with Crippen molar-refractivity contribution in [1.29, 1.82) is 0 Å². The zero-order valence-corrected chi connectivity index (χ0v) is 18.0. The molecule has 0 unspecified atom stereocenters. The van der Waals surface area contributed by atoms with Crippen LogP contribution in [0, 0.1) is 5.82 Å². The summed E-state index contributed by atoms with van der Waals surface area (Å²) in [7, 11) is 0. The predicted molar refractivity (Wildman–Crippen MR) is 121 cm³/mol. The van der Waals surface area contributed by atoms with Gasteiger partial charge in [0.05, 0.1) is 12.1 Å². The van der Waals surface area contributed by atoms with Gasteiger partial charge in [-0.05, 0) is 48.4 Å². The van der Waals surface area contributed by atoms with Crippen LogP contribution in [0.1, 0.15) is 77.2 Å². The van der Waals surface area contributed by atoms with Crippen LogP contribution in [0.4, 0.5) is 4.39 Å². The Morgan fingerprint density at radius 2 is 1.41 bits per heavy atom. The smallest absolute Gasteiger partial charge is 0.213 e. The maximum Gasteiger partial charge on any atom is 0.213 e. The molecule has 0 aliphatic heterocycles. The Morgan fingerprint density at radius 3 is 2.21 bits per heavy atom. The van der Waals surface area contributed by atoms with E-state index >= 15 is 4.39 Å². The van der Waals surface area contributed by atoms with Crippen molar-refractivity contribution in [2.24, 2.45) is 0 Å². The summed E-state index contributed by atoms with van der Waals surface area (Å²) in [5, 5.41) is 2.60. The number of nitrogens with zero attached hydrogens (tertiary/aromatic N) is 1. The van der Waals surface area contributed by atoms with Crippen LogP contribution in [0.25, 0.3) is 21.7 Å². The normalized spacial score (nSPS) is 11.4. The molecular weight excluding hydrogens is 361 g/mol. The third-order valence-electron chi connectivity index (χ3n) is 5.65. The fraction of sp³-hybridized carbons (Fsp3) is 0.500. The molecule has 0 saturated heterocycles. The molecule has 0 atom stereocenters. The number of benzene rings is 2. The largest absolute Gasteiger partial charge is 0.478 e. The molecule has 0 aliphatic rings. The Morgan fingerprint density at radius 1 is 0.724 bits per heavy atom. The molecule has 0 spiro atoms. The average molecular weight is 396 g/mol. The molecule has 0 radical (unpaired) electrons. The molecule has 156 valence electrons. The van der Waals surface area contributed by atoms with E-state index in [-0.39, 0.29) is 5.82 Å². The van der Waals surface area contributed by atoms with Crippen LogP contribution < -0.4 is 4.74 Å². The van der Waals surface area contributed by atoms with Crippen LogP contribution in [0.2, 0.25) is 0 Å². The Bertz CT molecular complexity index is 921. The van der Waals surface area contributed by atoms with Gasteiger partial charge in [0.25, 0.3) is 0 Å². The molecule has 0 N–H and O–H groups in total. The quantitative estimate of drug-likeness (QED) is 0.229. The van der Waals surface area contributed by atoms with Crippen molar-refractivity contribution in [3.63, 3.8) is 0 Å². The van der Waals surface area contributed by atoms with Crippen LogP contribution in [0.3, 0.4) is 0 Å². The van der Waals surface area contributed by atoms with Crippen molar-refractivity contribution in [1.82, 2.24) is 4.98 Å². The molecule has 3 heteroatoms. The second kappa shape index (κ2) is 11.1. The molecule has 3 rings (SSSR count). The number of fused-ring (bicyclic) bond motifs is 3. The van der Waals surface area contributed by atoms with Crippen molar-refractivity contribution < 1.29 is 9.13 Å². The van der Waals surface area contributed by atoms with E-state index in [0.717, 1.165) is 47.5 Å². The van der Waals surface area contributed by atoms with E-state index < -0.39 is 0 Å². The van der Waals surface area contributed by atoms with E-state index in [9.17, 15) is 0 Å². The lowest BCUT2D eigenvalue weighted by Gasteiger charge is -2.10. The highest BCUT2D eigenvalue weighted by Gasteiger charge is 2.11. The van der Waals surface area contributed by atoms with E-state index in [0.29, 0.717) is 17.9 Å². The Kier molecular flexibility index (Phi) is 8.27. The molecular formula is C26H34FNO. The first-order chi connectivity index (χ1) is 14.2. The number of aromatic nitrogens is 1. The second-order valence-corrected chi connectivity index (χ2v) is 7.99. The number of rotatable bonds is 12. The standard InChI is InChI=1S/C26H34FNO/c1-3-5-7-9-11-19-29-25-18-16-22-21-14-13-20(12-10-8-6-4-2)26(27)23(21)15-17-24(22)28-25/h13-18H,3-12,19H2,1-2H3. The van der Waals surface area contributed by atoms with Gasteiger partial charge in [0.2, 0.25) is 5.88 Å². The highest BCUT2D eigenvalue weighted by Crippen LogP contribution is 2.30. The van der Waals surface area contributed by atoms with Gasteiger partial charge in [-0.25, -0.2) is 9.37 Å². The molecule has 0 saturated carbocycles. The zero-order valence-electron chi connectivity index (χ0n) is 18.0.